The van der Waals surface area contributed by atoms with E-state index in [1.807, 2.05) is 13.1 Å². The molecule has 2 aromatic rings. The summed E-state index contributed by atoms with van der Waals surface area (Å²) in [7, 11) is 1.84. The smallest absolute Gasteiger partial charge is 0.388 e. The highest BCUT2D eigenvalue weighted by molar-refractivity contribution is 5.74. The summed E-state index contributed by atoms with van der Waals surface area (Å²) in [6.07, 6.45) is -3.41. The molecule has 22 heavy (non-hydrogen) atoms. The lowest BCUT2D eigenvalue weighted by Gasteiger charge is -2.22. The summed E-state index contributed by atoms with van der Waals surface area (Å²) in [5, 5.41) is 6.44. The number of nitrogens with one attached hydrogen (secondary N) is 2. The first-order valence-electron chi connectivity index (χ1n) is 7.21. The van der Waals surface area contributed by atoms with Crippen molar-refractivity contribution in [3.63, 3.8) is 0 Å². The first kappa shape index (κ1) is 14.9. The molecule has 0 atom stereocenters. The van der Waals surface area contributed by atoms with Gasteiger partial charge in [-0.15, -0.1) is 0 Å². The van der Waals surface area contributed by atoms with E-state index in [0.29, 0.717) is 0 Å². The van der Waals surface area contributed by atoms with Crippen molar-refractivity contribution in [3.8, 4) is 11.1 Å². The number of halogens is 3. The van der Waals surface area contributed by atoms with Crippen LogP contribution < -0.4 is 10.6 Å². The van der Waals surface area contributed by atoms with E-state index in [9.17, 15) is 13.2 Å². The average molecular weight is 306 g/mol. The van der Waals surface area contributed by atoms with E-state index in [4.69, 9.17) is 0 Å². The lowest BCUT2D eigenvalue weighted by atomic mass is 9.90. The van der Waals surface area contributed by atoms with Gasteiger partial charge in [-0.3, -0.25) is 0 Å². The Morgan fingerprint density at radius 3 is 2.45 bits per heavy atom. The van der Waals surface area contributed by atoms with Crippen molar-refractivity contribution in [2.75, 3.05) is 18.9 Å². The lowest BCUT2D eigenvalue weighted by Crippen LogP contribution is -2.24. The monoisotopic (exact) mass is 306 g/mol. The Kier molecular flexibility index (Phi) is 3.83. The fourth-order valence-corrected chi connectivity index (χ4v) is 2.86. The van der Waals surface area contributed by atoms with E-state index in [1.54, 1.807) is 12.1 Å². The Morgan fingerprint density at radius 2 is 1.82 bits per heavy atom. The summed E-state index contributed by atoms with van der Waals surface area (Å²) < 4.78 is 38.1. The Bertz CT molecular complexity index is 676. The van der Waals surface area contributed by atoms with Crippen LogP contribution in [-0.2, 0) is 19.1 Å². The van der Waals surface area contributed by atoms with Crippen LogP contribution in [0.25, 0.3) is 11.1 Å². The second kappa shape index (κ2) is 5.65. The number of benzene rings is 2. The first-order chi connectivity index (χ1) is 10.5. The molecule has 2 aromatic carbocycles. The fraction of sp³-hybridized carbons (Fsp3) is 0.294. The summed E-state index contributed by atoms with van der Waals surface area (Å²) in [5.41, 5.74) is 4.61. The van der Waals surface area contributed by atoms with E-state index in [2.05, 4.69) is 16.7 Å². The second-order valence-corrected chi connectivity index (χ2v) is 5.41. The number of fused-ring (bicyclic) bond motifs is 1. The molecule has 0 amide bonds. The molecular weight excluding hydrogens is 289 g/mol. The summed E-state index contributed by atoms with van der Waals surface area (Å²) in [6.45, 7) is 1.68. The van der Waals surface area contributed by atoms with Gasteiger partial charge in [-0.1, -0.05) is 12.1 Å². The van der Waals surface area contributed by atoms with Crippen LogP contribution in [0.4, 0.5) is 18.9 Å². The van der Waals surface area contributed by atoms with Crippen LogP contribution in [-0.4, -0.2) is 13.6 Å². The van der Waals surface area contributed by atoms with E-state index < -0.39 is 11.7 Å². The molecule has 0 saturated carbocycles. The topological polar surface area (TPSA) is 24.1 Å². The van der Waals surface area contributed by atoms with Gasteiger partial charge in [0.2, 0.25) is 0 Å². The van der Waals surface area contributed by atoms with Crippen LogP contribution in [0, 0.1) is 0 Å². The minimum absolute atomic E-state index is 0.614. The number of rotatable bonds is 2. The molecule has 0 bridgehead atoms. The molecule has 116 valence electrons. The molecule has 0 fully saturated rings. The molecule has 0 spiro atoms. The Balaban J connectivity index is 2.07. The molecule has 3 rings (SSSR count). The van der Waals surface area contributed by atoms with Crippen LogP contribution in [0.1, 0.15) is 16.7 Å². The highest BCUT2D eigenvalue weighted by Gasteiger charge is 2.30. The van der Waals surface area contributed by atoms with E-state index in [0.717, 1.165) is 48.5 Å². The largest absolute Gasteiger partial charge is 0.416 e. The van der Waals surface area contributed by atoms with Crippen molar-refractivity contribution >= 4 is 5.69 Å². The Morgan fingerprint density at radius 1 is 1.09 bits per heavy atom. The molecule has 1 aliphatic rings. The first-order valence-corrected chi connectivity index (χ1v) is 7.21. The van der Waals surface area contributed by atoms with Crippen molar-refractivity contribution in [2.24, 2.45) is 0 Å². The minimum Gasteiger partial charge on any atom is -0.388 e. The molecule has 1 aliphatic heterocycles. The summed E-state index contributed by atoms with van der Waals surface area (Å²) >= 11 is 0. The number of alkyl halides is 3. The van der Waals surface area contributed by atoms with Gasteiger partial charge in [0.05, 0.1) is 5.56 Å². The van der Waals surface area contributed by atoms with Gasteiger partial charge in [-0.05, 0) is 59.5 Å². The van der Waals surface area contributed by atoms with Crippen LogP contribution in [0.3, 0.4) is 0 Å². The van der Waals surface area contributed by atoms with Crippen LogP contribution in [0.2, 0.25) is 0 Å². The van der Waals surface area contributed by atoms with Gasteiger partial charge in [0.1, 0.15) is 0 Å². The summed E-state index contributed by atoms with van der Waals surface area (Å²) in [4.78, 5) is 0. The van der Waals surface area contributed by atoms with Gasteiger partial charge < -0.3 is 10.6 Å². The SMILES string of the molecule is CNc1cc2c(c(-c3ccc(C(F)(F)F)cc3)c1)CCNC2. The van der Waals surface area contributed by atoms with Gasteiger partial charge in [0.25, 0.3) is 0 Å². The molecular formula is C17H17F3N2. The molecule has 5 heteroatoms. The maximum absolute atomic E-state index is 12.7. The average Bonchev–Trinajstić information content (AvgIpc) is 2.53. The minimum atomic E-state index is -4.30. The fourth-order valence-electron chi connectivity index (χ4n) is 2.86. The number of anilines is 1. The van der Waals surface area contributed by atoms with Crippen molar-refractivity contribution in [1.29, 1.82) is 0 Å². The highest BCUT2D eigenvalue weighted by Crippen LogP contribution is 2.34. The number of hydrogen-bond donors (Lipinski definition) is 2. The zero-order valence-corrected chi connectivity index (χ0v) is 12.2. The number of hydrogen-bond acceptors (Lipinski definition) is 2. The molecule has 0 unspecified atom stereocenters. The standard InChI is InChI=1S/C17H17F3N2/c1-21-14-8-12-10-22-7-6-15(12)16(9-14)11-2-4-13(5-3-11)17(18,19)20/h2-5,8-9,21-22H,6-7,10H2,1H3. The van der Waals surface area contributed by atoms with Gasteiger partial charge in [-0.25, -0.2) is 0 Å². The van der Waals surface area contributed by atoms with E-state index >= 15 is 0 Å². The van der Waals surface area contributed by atoms with Gasteiger partial charge in [0.15, 0.2) is 0 Å². The third-order valence-electron chi connectivity index (χ3n) is 4.02. The maximum atomic E-state index is 12.7. The van der Waals surface area contributed by atoms with Crippen molar-refractivity contribution in [1.82, 2.24) is 5.32 Å². The second-order valence-electron chi connectivity index (χ2n) is 5.41. The van der Waals surface area contributed by atoms with Gasteiger partial charge in [-0.2, -0.15) is 13.2 Å². The Hall–Kier alpha value is -2.01. The van der Waals surface area contributed by atoms with Gasteiger partial charge >= 0.3 is 6.18 Å². The molecule has 0 radical (unpaired) electrons. The Labute approximate surface area is 127 Å². The molecule has 0 aromatic heterocycles. The highest BCUT2D eigenvalue weighted by atomic mass is 19.4. The third kappa shape index (κ3) is 2.81. The van der Waals surface area contributed by atoms with Crippen molar-refractivity contribution in [3.05, 3.63) is 53.1 Å². The van der Waals surface area contributed by atoms with Crippen LogP contribution >= 0.6 is 0 Å². The quantitative estimate of drug-likeness (QED) is 0.874. The van der Waals surface area contributed by atoms with E-state index in [1.165, 1.54) is 11.1 Å². The third-order valence-corrected chi connectivity index (χ3v) is 4.02. The van der Waals surface area contributed by atoms with E-state index in [-0.39, 0.29) is 0 Å². The molecule has 2 N–H and O–H groups in total. The zero-order valence-electron chi connectivity index (χ0n) is 12.2. The molecule has 1 heterocycles. The van der Waals surface area contributed by atoms with Crippen LogP contribution in [0.15, 0.2) is 36.4 Å². The zero-order chi connectivity index (χ0) is 15.7. The maximum Gasteiger partial charge on any atom is 0.416 e. The normalized spacial score (nSPS) is 14.5. The predicted molar refractivity (Wildman–Crippen MR) is 81.8 cm³/mol. The molecule has 2 nitrogen and oxygen atoms in total. The molecule has 0 aliphatic carbocycles. The van der Waals surface area contributed by atoms with Crippen molar-refractivity contribution < 1.29 is 13.2 Å². The van der Waals surface area contributed by atoms with Gasteiger partial charge in [0, 0.05) is 19.3 Å². The predicted octanol–water partition coefficient (Wildman–Crippen LogP) is 4.06. The van der Waals surface area contributed by atoms with Crippen molar-refractivity contribution in [2.45, 2.75) is 19.1 Å². The molecule has 0 saturated heterocycles. The lowest BCUT2D eigenvalue weighted by molar-refractivity contribution is -0.137. The van der Waals surface area contributed by atoms with Crippen LogP contribution in [0.5, 0.6) is 0 Å². The summed E-state index contributed by atoms with van der Waals surface area (Å²) in [5.74, 6) is 0. The summed E-state index contributed by atoms with van der Waals surface area (Å²) in [6, 6.07) is 9.51.